The zero-order chi connectivity index (χ0) is 19.3. The third-order valence-electron chi connectivity index (χ3n) is 4.25. The standard InChI is InChI=1S/C21H18N4O2S/c22-19(26)17-10-8-16(9-11-17)14-28-21-24-23-20(18-7-4-12-27-18)25(21)13-15-5-2-1-3-6-15/h1-12H,13-14H2,(H2,22,26). The van der Waals surface area contributed by atoms with Crippen LogP contribution in [0.2, 0.25) is 0 Å². The van der Waals surface area contributed by atoms with Crippen LogP contribution in [0.15, 0.2) is 82.6 Å². The predicted molar refractivity (Wildman–Crippen MR) is 108 cm³/mol. The molecule has 2 N–H and O–H groups in total. The zero-order valence-corrected chi connectivity index (χ0v) is 15.8. The van der Waals surface area contributed by atoms with Gasteiger partial charge in [0, 0.05) is 11.3 Å². The lowest BCUT2D eigenvalue weighted by Gasteiger charge is -2.09. The summed E-state index contributed by atoms with van der Waals surface area (Å²) >= 11 is 1.58. The summed E-state index contributed by atoms with van der Waals surface area (Å²) < 4.78 is 7.59. The van der Waals surface area contributed by atoms with Gasteiger partial charge in [0.05, 0.1) is 12.8 Å². The summed E-state index contributed by atoms with van der Waals surface area (Å²) in [5.74, 6) is 1.65. The average Bonchev–Trinajstić information content (AvgIpc) is 3.37. The highest BCUT2D eigenvalue weighted by Crippen LogP contribution is 2.27. The van der Waals surface area contributed by atoms with E-state index in [1.54, 1.807) is 30.2 Å². The molecule has 1 amide bonds. The first kappa shape index (κ1) is 18.1. The van der Waals surface area contributed by atoms with E-state index in [1.165, 1.54) is 0 Å². The van der Waals surface area contributed by atoms with Crippen LogP contribution in [0.4, 0.5) is 0 Å². The molecule has 28 heavy (non-hydrogen) atoms. The quantitative estimate of drug-likeness (QED) is 0.482. The number of primary amides is 1. The lowest BCUT2D eigenvalue weighted by Crippen LogP contribution is -2.10. The first-order chi connectivity index (χ1) is 13.7. The fourth-order valence-electron chi connectivity index (χ4n) is 2.81. The monoisotopic (exact) mass is 390 g/mol. The molecule has 2 heterocycles. The summed E-state index contributed by atoms with van der Waals surface area (Å²) in [6.07, 6.45) is 1.63. The third-order valence-corrected chi connectivity index (χ3v) is 5.29. The Hall–Kier alpha value is -3.32. The normalized spacial score (nSPS) is 10.9. The van der Waals surface area contributed by atoms with Crippen LogP contribution in [-0.4, -0.2) is 20.7 Å². The SMILES string of the molecule is NC(=O)c1ccc(CSc2nnc(-c3ccco3)n2Cc2ccccc2)cc1. The van der Waals surface area contributed by atoms with E-state index in [9.17, 15) is 4.79 Å². The van der Waals surface area contributed by atoms with Gasteiger partial charge in [-0.15, -0.1) is 10.2 Å². The molecule has 6 nitrogen and oxygen atoms in total. The number of nitrogens with zero attached hydrogens (tertiary/aromatic N) is 3. The average molecular weight is 390 g/mol. The number of hydrogen-bond donors (Lipinski definition) is 1. The number of carbonyl (C=O) groups is 1. The van der Waals surface area contributed by atoms with Crippen molar-refractivity contribution in [3.05, 3.63) is 89.7 Å². The Kier molecular flexibility index (Phi) is 5.25. The minimum absolute atomic E-state index is 0.426. The van der Waals surface area contributed by atoms with Crippen LogP contribution in [-0.2, 0) is 12.3 Å². The molecule has 0 aliphatic carbocycles. The van der Waals surface area contributed by atoms with E-state index in [2.05, 4.69) is 26.9 Å². The second-order valence-electron chi connectivity index (χ2n) is 6.21. The van der Waals surface area contributed by atoms with Gasteiger partial charge in [-0.05, 0) is 35.4 Å². The molecule has 0 bridgehead atoms. The molecule has 0 aliphatic heterocycles. The largest absolute Gasteiger partial charge is 0.461 e. The Balaban J connectivity index is 1.58. The maximum Gasteiger partial charge on any atom is 0.248 e. The van der Waals surface area contributed by atoms with Gasteiger partial charge in [0.1, 0.15) is 0 Å². The molecule has 2 aromatic carbocycles. The fourth-order valence-corrected chi connectivity index (χ4v) is 3.70. The first-order valence-corrected chi connectivity index (χ1v) is 9.72. The van der Waals surface area contributed by atoms with Crippen molar-refractivity contribution in [1.82, 2.24) is 14.8 Å². The van der Waals surface area contributed by atoms with Crippen LogP contribution >= 0.6 is 11.8 Å². The number of rotatable bonds is 7. The lowest BCUT2D eigenvalue weighted by molar-refractivity contribution is 0.100. The minimum Gasteiger partial charge on any atom is -0.461 e. The maximum absolute atomic E-state index is 11.2. The Bertz CT molecular complexity index is 1060. The Morgan fingerprint density at radius 3 is 2.43 bits per heavy atom. The van der Waals surface area contributed by atoms with Gasteiger partial charge in [-0.1, -0.05) is 54.2 Å². The third kappa shape index (κ3) is 3.99. The maximum atomic E-state index is 11.2. The highest BCUT2D eigenvalue weighted by atomic mass is 32.2. The molecule has 0 saturated carbocycles. The van der Waals surface area contributed by atoms with Crippen molar-refractivity contribution in [2.45, 2.75) is 17.5 Å². The highest BCUT2D eigenvalue weighted by Gasteiger charge is 2.17. The van der Waals surface area contributed by atoms with Gasteiger partial charge in [-0.3, -0.25) is 9.36 Å². The van der Waals surface area contributed by atoms with Gasteiger partial charge in [-0.2, -0.15) is 0 Å². The van der Waals surface area contributed by atoms with Crippen molar-refractivity contribution in [2.24, 2.45) is 5.73 Å². The second-order valence-corrected chi connectivity index (χ2v) is 7.15. The van der Waals surface area contributed by atoms with Gasteiger partial charge < -0.3 is 10.2 Å². The van der Waals surface area contributed by atoms with Crippen LogP contribution in [0.5, 0.6) is 0 Å². The topological polar surface area (TPSA) is 86.9 Å². The van der Waals surface area contributed by atoms with E-state index in [0.29, 0.717) is 29.4 Å². The molecule has 0 spiro atoms. The van der Waals surface area contributed by atoms with E-state index in [1.807, 2.05) is 42.5 Å². The van der Waals surface area contributed by atoms with Gasteiger partial charge in [0.2, 0.25) is 11.7 Å². The van der Waals surface area contributed by atoms with Gasteiger partial charge in [-0.25, -0.2) is 0 Å². The van der Waals surface area contributed by atoms with E-state index in [0.717, 1.165) is 16.3 Å². The number of hydrogen-bond acceptors (Lipinski definition) is 5. The van der Waals surface area contributed by atoms with E-state index in [4.69, 9.17) is 10.2 Å². The molecule has 0 unspecified atom stereocenters. The van der Waals surface area contributed by atoms with E-state index >= 15 is 0 Å². The van der Waals surface area contributed by atoms with Crippen LogP contribution < -0.4 is 5.73 Å². The molecule has 4 aromatic rings. The number of furan rings is 1. The van der Waals surface area contributed by atoms with Crippen molar-refractivity contribution in [1.29, 1.82) is 0 Å². The van der Waals surface area contributed by atoms with Crippen molar-refractivity contribution in [3.8, 4) is 11.6 Å². The summed E-state index contributed by atoms with van der Waals surface area (Å²) in [6.45, 7) is 0.646. The predicted octanol–water partition coefficient (Wildman–Crippen LogP) is 3.98. The number of carbonyl (C=O) groups excluding carboxylic acids is 1. The number of amides is 1. The first-order valence-electron chi connectivity index (χ1n) is 8.73. The molecule has 0 atom stereocenters. The zero-order valence-electron chi connectivity index (χ0n) is 15.0. The molecule has 140 valence electrons. The molecular weight excluding hydrogens is 372 g/mol. The molecule has 7 heteroatoms. The summed E-state index contributed by atoms with van der Waals surface area (Å²) in [5.41, 5.74) is 8.03. The number of nitrogens with two attached hydrogens (primary N) is 1. The van der Waals surface area contributed by atoms with Crippen LogP contribution in [0.1, 0.15) is 21.5 Å². The van der Waals surface area contributed by atoms with Gasteiger partial charge >= 0.3 is 0 Å². The summed E-state index contributed by atoms with van der Waals surface area (Å²) in [4.78, 5) is 11.2. The Morgan fingerprint density at radius 1 is 0.964 bits per heavy atom. The Labute approximate surface area is 166 Å². The molecule has 0 saturated heterocycles. The summed E-state index contributed by atoms with van der Waals surface area (Å²) in [7, 11) is 0. The summed E-state index contributed by atoms with van der Waals surface area (Å²) in [5, 5.41) is 9.51. The van der Waals surface area contributed by atoms with Crippen molar-refractivity contribution in [3.63, 3.8) is 0 Å². The molecule has 4 rings (SSSR count). The number of benzene rings is 2. The van der Waals surface area contributed by atoms with Gasteiger partial charge in [0.25, 0.3) is 0 Å². The summed E-state index contributed by atoms with van der Waals surface area (Å²) in [6, 6.07) is 21.2. The number of aromatic nitrogens is 3. The second kappa shape index (κ2) is 8.14. The molecular formula is C21H18N4O2S. The molecule has 0 fully saturated rings. The molecule has 0 radical (unpaired) electrons. The smallest absolute Gasteiger partial charge is 0.248 e. The molecule has 2 aromatic heterocycles. The van der Waals surface area contributed by atoms with Crippen molar-refractivity contribution >= 4 is 17.7 Å². The Morgan fingerprint density at radius 2 is 1.75 bits per heavy atom. The van der Waals surface area contributed by atoms with Crippen molar-refractivity contribution in [2.75, 3.05) is 0 Å². The highest BCUT2D eigenvalue weighted by molar-refractivity contribution is 7.98. The van der Waals surface area contributed by atoms with Gasteiger partial charge in [0.15, 0.2) is 10.9 Å². The minimum atomic E-state index is -0.426. The van der Waals surface area contributed by atoms with Crippen molar-refractivity contribution < 1.29 is 9.21 Å². The van der Waals surface area contributed by atoms with E-state index in [-0.39, 0.29) is 0 Å². The van der Waals surface area contributed by atoms with Crippen LogP contribution in [0.25, 0.3) is 11.6 Å². The number of thioether (sulfide) groups is 1. The molecule has 0 aliphatic rings. The lowest BCUT2D eigenvalue weighted by atomic mass is 10.1. The fraction of sp³-hybridized carbons (Fsp3) is 0.0952. The van der Waals surface area contributed by atoms with E-state index < -0.39 is 5.91 Å². The van der Waals surface area contributed by atoms with Crippen LogP contribution in [0.3, 0.4) is 0 Å². The van der Waals surface area contributed by atoms with Crippen LogP contribution in [0, 0.1) is 0 Å².